The number of anilines is 1. The van der Waals surface area contributed by atoms with Gasteiger partial charge >= 0.3 is 6.18 Å². The molecule has 1 aliphatic heterocycles. The normalized spacial score (nSPS) is 15.2. The summed E-state index contributed by atoms with van der Waals surface area (Å²) in [6.45, 7) is -0.271. The quantitative estimate of drug-likeness (QED) is 0.570. The molecule has 0 spiro atoms. The average molecular weight is 474 g/mol. The number of carbonyl (C=O) groups excluding carboxylic acids is 1. The van der Waals surface area contributed by atoms with Crippen molar-refractivity contribution in [3.05, 3.63) is 101 Å². The predicted molar refractivity (Wildman–Crippen MR) is 115 cm³/mol. The molecule has 170 valence electrons. The number of sulfonamides is 1. The first-order chi connectivity index (χ1) is 15.6. The van der Waals surface area contributed by atoms with E-state index in [9.17, 15) is 31.5 Å². The topological polar surface area (TPSA) is 86.7 Å². The predicted octanol–water partition coefficient (Wildman–Crippen LogP) is 4.78. The second-order valence-electron chi connectivity index (χ2n) is 7.22. The van der Waals surface area contributed by atoms with Crippen molar-refractivity contribution < 1.29 is 31.5 Å². The Morgan fingerprint density at radius 3 is 2.30 bits per heavy atom. The molecule has 0 radical (unpaired) electrons. The molecule has 10 heteroatoms. The van der Waals surface area contributed by atoms with Gasteiger partial charge in [-0.05, 0) is 35.9 Å². The van der Waals surface area contributed by atoms with E-state index in [1.54, 1.807) is 30.3 Å². The molecule has 1 aliphatic rings. The fraction of sp³-hybridized carbons (Fsp3) is 0.0870. The molecule has 0 atom stereocenters. The van der Waals surface area contributed by atoms with Crippen molar-refractivity contribution in [2.75, 3.05) is 5.32 Å². The van der Waals surface area contributed by atoms with Gasteiger partial charge in [-0.2, -0.15) is 13.2 Å². The highest BCUT2D eigenvalue weighted by molar-refractivity contribution is 7.89. The number of nitrogens with one attached hydrogen (secondary N) is 1. The van der Waals surface area contributed by atoms with Gasteiger partial charge < -0.3 is 10.4 Å². The van der Waals surface area contributed by atoms with Gasteiger partial charge in [0.15, 0.2) is 11.5 Å². The highest BCUT2D eigenvalue weighted by atomic mass is 32.2. The maximum atomic E-state index is 13.4. The second kappa shape index (κ2) is 8.28. The smallest absolute Gasteiger partial charge is 0.416 e. The SMILES string of the molecule is O=C(Nc1cccc(C(F)(F)F)c1)C1=C(O)c2ccccc2S(=O)(=O)N1Cc1ccccc1. The summed E-state index contributed by atoms with van der Waals surface area (Å²) in [6, 6.07) is 18.0. The standard InChI is InChI=1S/C23H17F3N2O4S/c24-23(25,26)16-9-6-10-17(13-16)27-22(30)20-21(29)18-11-4-5-12-19(18)33(31,32)28(20)14-15-7-2-1-3-8-15/h1-13,29H,14H2,(H,27,30). The molecule has 3 aromatic carbocycles. The number of rotatable bonds is 4. The summed E-state index contributed by atoms with van der Waals surface area (Å²) in [5, 5.41) is 13.1. The molecular weight excluding hydrogens is 457 g/mol. The fourth-order valence-corrected chi connectivity index (χ4v) is 5.13. The van der Waals surface area contributed by atoms with E-state index in [1.807, 2.05) is 0 Å². The van der Waals surface area contributed by atoms with Crippen LogP contribution in [0.4, 0.5) is 18.9 Å². The van der Waals surface area contributed by atoms with Crippen LogP contribution in [0.25, 0.3) is 5.76 Å². The summed E-state index contributed by atoms with van der Waals surface area (Å²) in [4.78, 5) is 12.9. The Morgan fingerprint density at radius 2 is 1.61 bits per heavy atom. The van der Waals surface area contributed by atoms with Gasteiger partial charge in [0.2, 0.25) is 0 Å². The lowest BCUT2D eigenvalue weighted by Gasteiger charge is -2.31. The van der Waals surface area contributed by atoms with Crippen LogP contribution < -0.4 is 5.32 Å². The minimum absolute atomic E-state index is 0.0731. The van der Waals surface area contributed by atoms with Crippen LogP contribution in [-0.4, -0.2) is 23.7 Å². The molecule has 1 heterocycles. The van der Waals surface area contributed by atoms with Crippen LogP contribution >= 0.6 is 0 Å². The number of carbonyl (C=O) groups is 1. The molecule has 0 saturated heterocycles. The molecule has 4 rings (SSSR count). The number of aliphatic hydroxyl groups excluding tert-OH is 1. The Balaban J connectivity index is 1.80. The molecule has 0 fully saturated rings. The van der Waals surface area contributed by atoms with Gasteiger partial charge in [0.25, 0.3) is 15.9 Å². The third kappa shape index (κ3) is 4.29. The molecule has 0 bridgehead atoms. The van der Waals surface area contributed by atoms with Crippen LogP contribution in [0.5, 0.6) is 0 Å². The minimum Gasteiger partial charge on any atom is -0.505 e. The first-order valence-corrected chi connectivity index (χ1v) is 11.1. The van der Waals surface area contributed by atoms with E-state index in [0.29, 0.717) is 5.56 Å². The monoisotopic (exact) mass is 474 g/mol. The summed E-state index contributed by atoms with van der Waals surface area (Å²) in [6.07, 6.45) is -4.63. The van der Waals surface area contributed by atoms with Crippen molar-refractivity contribution in [3.63, 3.8) is 0 Å². The molecule has 2 N–H and O–H groups in total. The van der Waals surface area contributed by atoms with Gasteiger partial charge in [-0.3, -0.25) is 9.10 Å². The van der Waals surface area contributed by atoms with Crippen LogP contribution in [0.2, 0.25) is 0 Å². The lowest BCUT2D eigenvalue weighted by Crippen LogP contribution is -2.39. The van der Waals surface area contributed by atoms with Crippen LogP contribution in [0.3, 0.4) is 0 Å². The van der Waals surface area contributed by atoms with Gasteiger partial charge in [0, 0.05) is 11.3 Å². The molecule has 1 amide bonds. The number of amides is 1. The fourth-order valence-electron chi connectivity index (χ4n) is 3.47. The number of hydrogen-bond acceptors (Lipinski definition) is 4. The Kier molecular flexibility index (Phi) is 5.62. The van der Waals surface area contributed by atoms with Crippen molar-refractivity contribution in [3.8, 4) is 0 Å². The van der Waals surface area contributed by atoms with Gasteiger partial charge in [-0.15, -0.1) is 0 Å². The number of hydrogen-bond donors (Lipinski definition) is 2. The first-order valence-electron chi connectivity index (χ1n) is 9.67. The number of halogens is 3. The lowest BCUT2D eigenvalue weighted by molar-refractivity contribution is -0.137. The zero-order chi connectivity index (χ0) is 23.8. The number of aliphatic hydroxyl groups is 1. The largest absolute Gasteiger partial charge is 0.505 e. The molecule has 0 saturated carbocycles. The van der Waals surface area contributed by atoms with E-state index in [1.165, 1.54) is 30.3 Å². The maximum absolute atomic E-state index is 13.4. The summed E-state index contributed by atoms with van der Waals surface area (Å²) in [5.41, 5.74) is -1.31. The van der Waals surface area contributed by atoms with Crippen LogP contribution in [0.15, 0.2) is 89.5 Å². The molecule has 0 aromatic heterocycles. The molecule has 0 unspecified atom stereocenters. The Morgan fingerprint density at radius 1 is 0.939 bits per heavy atom. The highest BCUT2D eigenvalue weighted by Gasteiger charge is 2.40. The summed E-state index contributed by atoms with van der Waals surface area (Å²) in [7, 11) is -4.26. The number of benzene rings is 3. The van der Waals surface area contributed by atoms with Gasteiger partial charge in [-0.1, -0.05) is 48.5 Å². The third-order valence-electron chi connectivity index (χ3n) is 5.02. The van der Waals surface area contributed by atoms with E-state index in [4.69, 9.17) is 0 Å². The Labute approximate surface area is 187 Å². The van der Waals surface area contributed by atoms with Gasteiger partial charge in [0.1, 0.15) is 0 Å². The molecule has 3 aromatic rings. The molecule has 0 aliphatic carbocycles. The number of alkyl halides is 3. The zero-order valence-corrected chi connectivity index (χ0v) is 17.7. The summed E-state index contributed by atoms with van der Waals surface area (Å²) < 4.78 is 66.6. The molecular formula is C23H17F3N2O4S. The Bertz CT molecular complexity index is 1350. The maximum Gasteiger partial charge on any atom is 0.416 e. The van der Waals surface area contributed by atoms with Gasteiger partial charge in [-0.25, -0.2) is 8.42 Å². The van der Waals surface area contributed by atoms with Crippen molar-refractivity contribution in [1.29, 1.82) is 0 Å². The Hall–Kier alpha value is -3.79. The lowest BCUT2D eigenvalue weighted by atomic mass is 10.1. The minimum atomic E-state index is -4.63. The first kappa shape index (κ1) is 22.4. The van der Waals surface area contributed by atoms with E-state index in [-0.39, 0.29) is 22.7 Å². The third-order valence-corrected chi connectivity index (χ3v) is 6.82. The van der Waals surface area contributed by atoms with Gasteiger partial charge in [0.05, 0.1) is 17.0 Å². The second-order valence-corrected chi connectivity index (χ2v) is 9.05. The van der Waals surface area contributed by atoms with Crippen molar-refractivity contribution in [1.82, 2.24) is 4.31 Å². The van der Waals surface area contributed by atoms with Crippen LogP contribution in [0.1, 0.15) is 16.7 Å². The van der Waals surface area contributed by atoms with E-state index < -0.39 is 39.1 Å². The van der Waals surface area contributed by atoms with Crippen molar-refractivity contribution >= 4 is 27.4 Å². The highest BCUT2D eigenvalue weighted by Crippen LogP contribution is 2.37. The number of fused-ring (bicyclic) bond motifs is 1. The number of nitrogens with zero attached hydrogens (tertiary/aromatic N) is 1. The van der Waals surface area contributed by atoms with Crippen molar-refractivity contribution in [2.24, 2.45) is 0 Å². The van der Waals surface area contributed by atoms with E-state index in [2.05, 4.69) is 5.32 Å². The zero-order valence-electron chi connectivity index (χ0n) is 16.9. The van der Waals surface area contributed by atoms with E-state index >= 15 is 0 Å². The van der Waals surface area contributed by atoms with Crippen molar-refractivity contribution in [2.45, 2.75) is 17.6 Å². The van der Waals surface area contributed by atoms with Crippen LogP contribution in [-0.2, 0) is 27.5 Å². The molecule has 33 heavy (non-hydrogen) atoms. The van der Waals surface area contributed by atoms with E-state index in [0.717, 1.165) is 22.5 Å². The average Bonchev–Trinajstić information content (AvgIpc) is 2.78. The molecule has 6 nitrogen and oxygen atoms in total. The summed E-state index contributed by atoms with van der Waals surface area (Å²) >= 11 is 0. The summed E-state index contributed by atoms with van der Waals surface area (Å²) in [5.74, 6) is -1.67. The van der Waals surface area contributed by atoms with Crippen LogP contribution in [0, 0.1) is 0 Å².